The van der Waals surface area contributed by atoms with Gasteiger partial charge in [-0.3, -0.25) is 4.90 Å². The van der Waals surface area contributed by atoms with E-state index < -0.39 is 11.3 Å². The number of carbonyl (C=O) groups excluding carboxylic acids is 1. The number of aliphatic hydroxyl groups excluding tert-OH is 1. The average molecular weight is 329 g/mol. The minimum atomic E-state index is -0.717. The Morgan fingerprint density at radius 3 is 2.26 bits per heavy atom. The monoisotopic (exact) mass is 329 g/mol. The average Bonchev–Trinajstić information content (AvgIpc) is 2.33. The number of aliphatic hydroxyl groups is 1. The molecule has 136 valence electrons. The molecule has 0 spiro atoms. The number of rotatable bonds is 8. The van der Waals surface area contributed by atoms with Gasteiger partial charge in [-0.1, -0.05) is 19.3 Å². The largest absolute Gasteiger partial charge is 0.444 e. The van der Waals surface area contributed by atoms with E-state index in [0.29, 0.717) is 12.5 Å². The van der Waals surface area contributed by atoms with E-state index in [-0.39, 0.29) is 12.7 Å². The van der Waals surface area contributed by atoms with Crippen LogP contribution in [0.4, 0.5) is 4.79 Å². The van der Waals surface area contributed by atoms with Crippen molar-refractivity contribution in [2.75, 3.05) is 20.3 Å². The zero-order valence-electron chi connectivity index (χ0n) is 15.7. The van der Waals surface area contributed by atoms with Crippen LogP contribution in [0.25, 0.3) is 0 Å². The molecule has 0 aromatic rings. The van der Waals surface area contributed by atoms with Gasteiger partial charge >= 0.3 is 6.09 Å². The molecule has 1 aliphatic carbocycles. The molecular weight excluding hydrogens is 294 g/mol. The molecule has 0 aromatic carbocycles. The molecule has 5 nitrogen and oxygen atoms in total. The van der Waals surface area contributed by atoms with E-state index in [2.05, 4.69) is 0 Å². The Morgan fingerprint density at radius 1 is 1.22 bits per heavy atom. The molecule has 1 amide bonds. The number of nitrogens with zero attached hydrogens (tertiary/aromatic N) is 1. The second kappa shape index (κ2) is 8.34. The third-order valence-electron chi connectivity index (χ3n) is 4.74. The first-order valence-electron chi connectivity index (χ1n) is 8.78. The number of carbonyl (C=O) groups is 1. The molecular formula is C18H35NO4. The predicted octanol–water partition coefficient (Wildman–Crippen LogP) is 3.79. The Hall–Kier alpha value is -0.810. The molecule has 1 fully saturated rings. The maximum Gasteiger partial charge on any atom is 0.412 e. The molecule has 1 unspecified atom stereocenters. The maximum atomic E-state index is 12.2. The van der Waals surface area contributed by atoms with Crippen molar-refractivity contribution in [3.8, 4) is 0 Å². The molecule has 0 heterocycles. The summed E-state index contributed by atoms with van der Waals surface area (Å²) < 4.78 is 11.4. The third-order valence-corrected chi connectivity index (χ3v) is 4.74. The van der Waals surface area contributed by atoms with Crippen molar-refractivity contribution in [3.05, 3.63) is 0 Å². The van der Waals surface area contributed by atoms with Gasteiger partial charge in [-0.05, 0) is 59.3 Å². The van der Waals surface area contributed by atoms with Gasteiger partial charge in [0.25, 0.3) is 0 Å². The van der Waals surface area contributed by atoms with E-state index >= 15 is 0 Å². The topological polar surface area (TPSA) is 59.0 Å². The number of amides is 1. The summed E-state index contributed by atoms with van der Waals surface area (Å²) in [6, 6.07) is 0. The first-order chi connectivity index (χ1) is 10.6. The molecule has 1 rings (SSSR count). The second-order valence-corrected chi connectivity index (χ2v) is 8.09. The molecule has 0 bridgehead atoms. The van der Waals surface area contributed by atoms with E-state index in [0.717, 1.165) is 18.8 Å². The van der Waals surface area contributed by atoms with Crippen LogP contribution in [0.15, 0.2) is 0 Å². The Balaban J connectivity index is 2.45. The number of hydrogen-bond acceptors (Lipinski definition) is 4. The second-order valence-electron chi connectivity index (χ2n) is 8.09. The highest BCUT2D eigenvalue weighted by Gasteiger charge is 2.33. The maximum absolute atomic E-state index is 12.2. The lowest BCUT2D eigenvalue weighted by molar-refractivity contribution is -0.122. The van der Waals surface area contributed by atoms with Gasteiger partial charge in [-0.25, -0.2) is 4.79 Å². The SMILES string of the molecule is CN(C(=O)OC(C)(C)C)C(C)(C)OCCC(CCO)C1CCC1. The molecule has 5 heteroatoms. The van der Waals surface area contributed by atoms with Gasteiger partial charge in [0, 0.05) is 20.3 Å². The predicted molar refractivity (Wildman–Crippen MR) is 91.2 cm³/mol. The molecule has 0 aromatic heterocycles. The van der Waals surface area contributed by atoms with Crippen molar-refractivity contribution < 1.29 is 19.4 Å². The Kier molecular flexibility index (Phi) is 7.33. The molecule has 0 aliphatic heterocycles. The van der Waals surface area contributed by atoms with Crippen LogP contribution in [0.5, 0.6) is 0 Å². The minimum Gasteiger partial charge on any atom is -0.444 e. The van der Waals surface area contributed by atoms with Gasteiger partial charge in [0.15, 0.2) is 0 Å². The van der Waals surface area contributed by atoms with Gasteiger partial charge < -0.3 is 14.6 Å². The highest BCUT2D eigenvalue weighted by molar-refractivity contribution is 5.68. The summed E-state index contributed by atoms with van der Waals surface area (Å²) in [5.41, 5.74) is -1.23. The van der Waals surface area contributed by atoms with Crippen LogP contribution in [0, 0.1) is 11.8 Å². The van der Waals surface area contributed by atoms with E-state index in [4.69, 9.17) is 9.47 Å². The molecule has 0 saturated heterocycles. The smallest absolute Gasteiger partial charge is 0.412 e. The Morgan fingerprint density at radius 2 is 1.83 bits per heavy atom. The lowest BCUT2D eigenvalue weighted by Gasteiger charge is -2.38. The van der Waals surface area contributed by atoms with Crippen LogP contribution >= 0.6 is 0 Å². The first kappa shape index (κ1) is 20.2. The zero-order valence-corrected chi connectivity index (χ0v) is 15.7. The molecule has 0 radical (unpaired) electrons. The third kappa shape index (κ3) is 6.68. The highest BCUT2D eigenvalue weighted by atomic mass is 16.6. The van der Waals surface area contributed by atoms with Crippen LogP contribution in [-0.4, -0.2) is 47.7 Å². The Labute approximate surface area is 141 Å². The van der Waals surface area contributed by atoms with Gasteiger partial charge in [0.05, 0.1) is 0 Å². The van der Waals surface area contributed by atoms with Crippen molar-refractivity contribution in [1.29, 1.82) is 0 Å². The van der Waals surface area contributed by atoms with E-state index in [1.54, 1.807) is 7.05 Å². The lowest BCUT2D eigenvalue weighted by atomic mass is 9.73. The standard InChI is InChI=1S/C18H35NO4/c1-17(2,3)23-16(21)19(6)18(4,5)22-13-11-15(10-12-20)14-8-7-9-14/h14-15,20H,7-13H2,1-6H3. The lowest BCUT2D eigenvalue weighted by Crippen LogP contribution is -2.49. The fourth-order valence-corrected chi connectivity index (χ4v) is 2.80. The van der Waals surface area contributed by atoms with Crippen LogP contribution < -0.4 is 0 Å². The van der Waals surface area contributed by atoms with E-state index in [1.165, 1.54) is 24.2 Å². The van der Waals surface area contributed by atoms with Crippen molar-refractivity contribution in [2.45, 2.75) is 78.0 Å². The normalized spacial score (nSPS) is 17.5. The van der Waals surface area contributed by atoms with Crippen molar-refractivity contribution in [1.82, 2.24) is 4.90 Å². The fraction of sp³-hybridized carbons (Fsp3) is 0.944. The van der Waals surface area contributed by atoms with Crippen LogP contribution in [0.1, 0.15) is 66.7 Å². The molecule has 1 N–H and O–H groups in total. The van der Waals surface area contributed by atoms with Gasteiger partial charge in [0.2, 0.25) is 0 Å². The van der Waals surface area contributed by atoms with Crippen molar-refractivity contribution in [2.24, 2.45) is 11.8 Å². The number of hydrogen-bond donors (Lipinski definition) is 1. The minimum absolute atomic E-state index is 0.238. The summed E-state index contributed by atoms with van der Waals surface area (Å²) in [4.78, 5) is 13.7. The summed E-state index contributed by atoms with van der Waals surface area (Å²) in [6.45, 7) is 10.1. The summed E-state index contributed by atoms with van der Waals surface area (Å²) in [5, 5.41) is 9.22. The highest BCUT2D eigenvalue weighted by Crippen LogP contribution is 2.37. The van der Waals surface area contributed by atoms with Gasteiger partial charge in [-0.15, -0.1) is 0 Å². The zero-order chi connectivity index (χ0) is 17.7. The van der Waals surface area contributed by atoms with Crippen molar-refractivity contribution >= 4 is 6.09 Å². The summed E-state index contributed by atoms with van der Waals surface area (Å²) in [7, 11) is 1.70. The van der Waals surface area contributed by atoms with Crippen LogP contribution in [0.3, 0.4) is 0 Å². The van der Waals surface area contributed by atoms with Crippen LogP contribution in [-0.2, 0) is 9.47 Å². The van der Waals surface area contributed by atoms with Gasteiger partial charge in [0.1, 0.15) is 11.3 Å². The molecule has 1 saturated carbocycles. The molecule has 1 atom stereocenters. The summed E-state index contributed by atoms with van der Waals surface area (Å²) in [6.07, 6.45) is 5.24. The van der Waals surface area contributed by atoms with E-state index in [1.807, 2.05) is 34.6 Å². The van der Waals surface area contributed by atoms with Crippen LogP contribution in [0.2, 0.25) is 0 Å². The van der Waals surface area contributed by atoms with Crippen molar-refractivity contribution in [3.63, 3.8) is 0 Å². The summed E-state index contributed by atoms with van der Waals surface area (Å²) in [5.74, 6) is 1.26. The first-order valence-corrected chi connectivity index (χ1v) is 8.78. The van der Waals surface area contributed by atoms with Gasteiger partial charge in [-0.2, -0.15) is 0 Å². The van der Waals surface area contributed by atoms with E-state index in [9.17, 15) is 9.90 Å². The fourth-order valence-electron chi connectivity index (χ4n) is 2.80. The Bertz CT molecular complexity index is 372. The number of ether oxygens (including phenoxy) is 2. The summed E-state index contributed by atoms with van der Waals surface area (Å²) >= 11 is 0. The molecule has 1 aliphatic rings. The molecule has 23 heavy (non-hydrogen) atoms. The quantitative estimate of drug-likeness (QED) is 0.688.